The van der Waals surface area contributed by atoms with Crippen molar-refractivity contribution in [2.75, 3.05) is 6.61 Å². The van der Waals surface area contributed by atoms with Gasteiger partial charge in [0.25, 0.3) is 0 Å². The van der Waals surface area contributed by atoms with E-state index in [4.69, 9.17) is 23.2 Å². The summed E-state index contributed by atoms with van der Waals surface area (Å²) in [5.74, 6) is -0.534. The van der Waals surface area contributed by atoms with E-state index >= 15 is 0 Å². The van der Waals surface area contributed by atoms with Crippen LogP contribution in [0.3, 0.4) is 0 Å². The Kier molecular flexibility index (Phi) is 2.35. The van der Waals surface area contributed by atoms with Gasteiger partial charge in [-0.15, -0.1) is 0 Å². The first-order valence-electron chi connectivity index (χ1n) is 2.60. The predicted octanol–water partition coefficient (Wildman–Crippen LogP) is 1.79. The summed E-state index contributed by atoms with van der Waals surface area (Å²) in [5, 5.41) is 0.439. The van der Waals surface area contributed by atoms with Crippen molar-refractivity contribution in [2.45, 2.75) is 0 Å². The van der Waals surface area contributed by atoms with E-state index < -0.39 is 5.97 Å². The first-order chi connectivity index (χ1) is 4.70. The summed E-state index contributed by atoms with van der Waals surface area (Å²) in [5.41, 5.74) is 0. The van der Waals surface area contributed by atoms with Gasteiger partial charge in [0, 0.05) is 5.03 Å². The molecular formula is C6H4Cl2O2. The molecule has 1 aliphatic rings. The Labute approximate surface area is 68.1 Å². The highest BCUT2D eigenvalue weighted by atomic mass is 35.5. The van der Waals surface area contributed by atoms with Crippen molar-refractivity contribution in [1.82, 2.24) is 0 Å². The van der Waals surface area contributed by atoms with E-state index in [1.807, 2.05) is 0 Å². The summed E-state index contributed by atoms with van der Waals surface area (Å²) in [7, 11) is 0. The Morgan fingerprint density at radius 2 is 2.20 bits per heavy atom. The molecule has 0 N–H and O–H groups in total. The monoisotopic (exact) mass is 178 g/mol. The summed E-state index contributed by atoms with van der Waals surface area (Å²) in [4.78, 5) is 10.6. The lowest BCUT2D eigenvalue weighted by Gasteiger charge is -1.94. The van der Waals surface area contributed by atoms with Crippen molar-refractivity contribution < 1.29 is 9.53 Å². The summed E-state index contributed by atoms with van der Waals surface area (Å²) < 4.78 is 4.59. The molecule has 0 aliphatic carbocycles. The Morgan fingerprint density at radius 1 is 1.50 bits per heavy atom. The van der Waals surface area contributed by atoms with Crippen LogP contribution < -0.4 is 0 Å². The molecule has 1 aliphatic heterocycles. The van der Waals surface area contributed by atoms with Gasteiger partial charge in [0.2, 0.25) is 0 Å². The zero-order valence-corrected chi connectivity index (χ0v) is 6.45. The van der Waals surface area contributed by atoms with Crippen molar-refractivity contribution in [2.24, 2.45) is 0 Å². The highest BCUT2D eigenvalue weighted by Crippen LogP contribution is 2.15. The minimum Gasteiger partial charge on any atom is -0.457 e. The molecule has 2 nitrogen and oxygen atoms in total. The molecule has 54 valence electrons. The summed E-state index contributed by atoms with van der Waals surface area (Å²) in [6.07, 6.45) is 2.92. The molecule has 4 heteroatoms. The lowest BCUT2D eigenvalue weighted by atomic mass is 10.4. The van der Waals surface area contributed by atoms with Crippen LogP contribution in [0.15, 0.2) is 22.2 Å². The van der Waals surface area contributed by atoms with Crippen molar-refractivity contribution in [3.8, 4) is 0 Å². The SMILES string of the molecule is O=C1OCC=C(Cl)C=C1Cl. The van der Waals surface area contributed by atoms with E-state index in [-0.39, 0.29) is 11.6 Å². The van der Waals surface area contributed by atoms with E-state index in [2.05, 4.69) is 4.74 Å². The Balaban J connectivity index is 2.85. The number of rotatable bonds is 0. The average Bonchev–Trinajstić information content (AvgIpc) is 1.96. The zero-order valence-electron chi connectivity index (χ0n) is 4.93. The first-order valence-corrected chi connectivity index (χ1v) is 3.36. The van der Waals surface area contributed by atoms with Crippen molar-refractivity contribution >= 4 is 29.2 Å². The van der Waals surface area contributed by atoms with E-state index in [1.165, 1.54) is 6.08 Å². The van der Waals surface area contributed by atoms with Gasteiger partial charge in [-0.2, -0.15) is 0 Å². The van der Waals surface area contributed by atoms with Crippen LogP contribution in [0.25, 0.3) is 0 Å². The first kappa shape index (κ1) is 7.63. The van der Waals surface area contributed by atoms with Gasteiger partial charge in [0.05, 0.1) is 0 Å². The molecule has 0 saturated carbocycles. The number of halogens is 2. The maximum absolute atomic E-state index is 10.6. The molecule has 0 atom stereocenters. The van der Waals surface area contributed by atoms with Crippen LogP contribution in [0.1, 0.15) is 0 Å². The summed E-state index contributed by atoms with van der Waals surface area (Å²) in [6, 6.07) is 0. The zero-order chi connectivity index (χ0) is 7.56. The Hall–Kier alpha value is -0.470. The number of esters is 1. The van der Waals surface area contributed by atoms with Gasteiger partial charge < -0.3 is 4.74 Å². The van der Waals surface area contributed by atoms with Gasteiger partial charge in [0.15, 0.2) is 0 Å². The number of hydrogen-bond donors (Lipinski definition) is 0. The second kappa shape index (κ2) is 3.08. The normalized spacial score (nSPS) is 18.8. The van der Waals surface area contributed by atoms with Crippen molar-refractivity contribution in [3.63, 3.8) is 0 Å². The molecule has 0 aromatic heterocycles. The van der Waals surface area contributed by atoms with Crippen LogP contribution in [0.5, 0.6) is 0 Å². The molecule has 0 radical (unpaired) electrons. The van der Waals surface area contributed by atoms with Crippen LogP contribution >= 0.6 is 23.2 Å². The van der Waals surface area contributed by atoms with E-state index in [9.17, 15) is 4.79 Å². The molecule has 1 rings (SSSR count). The van der Waals surface area contributed by atoms with E-state index in [0.717, 1.165) is 0 Å². The van der Waals surface area contributed by atoms with Crippen LogP contribution in [0.2, 0.25) is 0 Å². The van der Waals surface area contributed by atoms with E-state index in [1.54, 1.807) is 6.08 Å². The molecule has 1 heterocycles. The van der Waals surface area contributed by atoms with Crippen molar-refractivity contribution in [3.05, 3.63) is 22.2 Å². The largest absolute Gasteiger partial charge is 0.457 e. The van der Waals surface area contributed by atoms with Gasteiger partial charge in [0.1, 0.15) is 11.6 Å². The van der Waals surface area contributed by atoms with Crippen molar-refractivity contribution in [1.29, 1.82) is 0 Å². The topological polar surface area (TPSA) is 26.3 Å². The van der Waals surface area contributed by atoms with Crippen LogP contribution in [-0.4, -0.2) is 12.6 Å². The fourth-order valence-corrected chi connectivity index (χ4v) is 0.905. The summed E-state index contributed by atoms with van der Waals surface area (Å²) >= 11 is 11.0. The molecular weight excluding hydrogens is 175 g/mol. The third kappa shape index (κ3) is 1.75. The van der Waals surface area contributed by atoms with Gasteiger partial charge >= 0.3 is 5.97 Å². The van der Waals surface area contributed by atoms with E-state index in [0.29, 0.717) is 5.03 Å². The maximum atomic E-state index is 10.6. The average molecular weight is 179 g/mol. The highest BCUT2D eigenvalue weighted by Gasteiger charge is 2.10. The summed E-state index contributed by atoms with van der Waals surface area (Å²) in [6.45, 7) is 0.185. The number of allylic oxidation sites excluding steroid dienone is 2. The fourth-order valence-electron chi connectivity index (χ4n) is 0.505. The molecule has 10 heavy (non-hydrogen) atoms. The second-order valence-electron chi connectivity index (χ2n) is 1.68. The smallest absolute Gasteiger partial charge is 0.350 e. The van der Waals surface area contributed by atoms with Gasteiger partial charge in [-0.1, -0.05) is 23.2 Å². The lowest BCUT2D eigenvalue weighted by Crippen LogP contribution is -2.01. The molecule has 0 saturated heterocycles. The molecule has 0 bridgehead atoms. The number of hydrogen-bond acceptors (Lipinski definition) is 2. The third-order valence-corrected chi connectivity index (χ3v) is 1.48. The molecule has 0 aromatic carbocycles. The van der Waals surface area contributed by atoms with Crippen LogP contribution in [0.4, 0.5) is 0 Å². The Bertz CT molecular complexity index is 218. The van der Waals surface area contributed by atoms with Gasteiger partial charge in [-0.05, 0) is 12.2 Å². The minimum absolute atomic E-state index is 0.0127. The van der Waals surface area contributed by atoms with Gasteiger partial charge in [-0.3, -0.25) is 0 Å². The Morgan fingerprint density at radius 3 is 2.90 bits per heavy atom. The van der Waals surface area contributed by atoms with Gasteiger partial charge in [-0.25, -0.2) is 4.79 Å². The highest BCUT2D eigenvalue weighted by molar-refractivity contribution is 6.43. The molecule has 0 aromatic rings. The number of carbonyl (C=O) groups excluding carboxylic acids is 1. The van der Waals surface area contributed by atoms with Crippen LogP contribution in [-0.2, 0) is 9.53 Å². The molecule has 0 unspecified atom stereocenters. The predicted molar refractivity (Wildman–Crippen MR) is 38.8 cm³/mol. The number of ether oxygens (including phenoxy) is 1. The molecule has 0 fully saturated rings. The number of carbonyl (C=O) groups is 1. The lowest BCUT2D eigenvalue weighted by molar-refractivity contribution is -0.136. The third-order valence-electron chi connectivity index (χ3n) is 0.952. The molecule has 0 amide bonds. The quantitative estimate of drug-likeness (QED) is 0.530. The second-order valence-corrected chi connectivity index (χ2v) is 2.52. The fraction of sp³-hybridized carbons (Fsp3) is 0.167. The number of cyclic esters (lactones) is 1. The molecule has 0 spiro atoms. The van der Waals surface area contributed by atoms with Crippen LogP contribution in [0, 0.1) is 0 Å². The maximum Gasteiger partial charge on any atom is 0.350 e. The standard InChI is InChI=1S/C6H4Cl2O2/c7-4-1-2-10-6(9)5(8)3-4/h1,3H,2H2. The minimum atomic E-state index is -0.534.